The normalized spacial score (nSPS) is 17.2. The lowest BCUT2D eigenvalue weighted by atomic mass is 10.2. The third-order valence-corrected chi connectivity index (χ3v) is 3.88. The zero-order valence-corrected chi connectivity index (χ0v) is 10.7. The summed E-state index contributed by atoms with van der Waals surface area (Å²) in [6, 6.07) is 6.44. The molecule has 82 valence electrons. The summed E-state index contributed by atoms with van der Waals surface area (Å²) in [7, 11) is 0. The number of benzene rings is 1. The molecule has 0 unspecified atom stereocenters. The van der Waals surface area contributed by atoms with Crippen molar-refractivity contribution in [3.8, 4) is 0 Å². The fourth-order valence-electron chi connectivity index (χ4n) is 2.00. The van der Waals surface area contributed by atoms with Gasteiger partial charge in [-0.25, -0.2) is 0 Å². The van der Waals surface area contributed by atoms with Crippen LogP contribution in [-0.2, 0) is 11.3 Å². The number of hydrogen-bond acceptors (Lipinski definition) is 1. The van der Waals surface area contributed by atoms with Gasteiger partial charge in [0, 0.05) is 4.47 Å². The number of aryl methyl sites for hydroxylation is 1. The highest BCUT2D eigenvalue weighted by Crippen LogP contribution is 2.23. The standard InChI is InChI=1S/C13H17BrO/c1-10-6-7-11(8-13(10)14)9-15-12-4-2-3-5-12/h6-8,12H,2-5,9H2,1H3. The highest BCUT2D eigenvalue weighted by atomic mass is 79.9. The predicted octanol–water partition coefficient (Wildman–Crippen LogP) is 4.22. The van der Waals surface area contributed by atoms with E-state index in [0.29, 0.717) is 6.10 Å². The van der Waals surface area contributed by atoms with Crippen molar-refractivity contribution in [3.63, 3.8) is 0 Å². The van der Waals surface area contributed by atoms with Crippen molar-refractivity contribution in [2.45, 2.75) is 45.3 Å². The maximum atomic E-state index is 5.86. The number of hydrogen-bond donors (Lipinski definition) is 0. The average molecular weight is 269 g/mol. The van der Waals surface area contributed by atoms with Crippen molar-refractivity contribution in [2.24, 2.45) is 0 Å². The summed E-state index contributed by atoms with van der Waals surface area (Å²) in [4.78, 5) is 0. The van der Waals surface area contributed by atoms with E-state index in [1.807, 2.05) is 0 Å². The van der Waals surface area contributed by atoms with E-state index in [9.17, 15) is 0 Å². The quantitative estimate of drug-likeness (QED) is 0.798. The first-order valence-electron chi connectivity index (χ1n) is 5.62. The molecule has 0 aliphatic heterocycles. The second-order valence-corrected chi connectivity index (χ2v) is 5.16. The van der Waals surface area contributed by atoms with Gasteiger partial charge in [0.15, 0.2) is 0 Å². The molecule has 1 aliphatic carbocycles. The summed E-state index contributed by atoms with van der Waals surface area (Å²) in [6.45, 7) is 2.86. The van der Waals surface area contributed by atoms with Gasteiger partial charge in [0.05, 0.1) is 12.7 Å². The Labute approximate surface area is 100.0 Å². The van der Waals surface area contributed by atoms with Crippen LogP contribution in [0.2, 0.25) is 0 Å². The van der Waals surface area contributed by atoms with Gasteiger partial charge in [-0.2, -0.15) is 0 Å². The SMILES string of the molecule is Cc1ccc(COC2CCCC2)cc1Br. The molecule has 0 spiro atoms. The van der Waals surface area contributed by atoms with Crippen LogP contribution in [0.1, 0.15) is 36.8 Å². The molecule has 1 fully saturated rings. The second-order valence-electron chi connectivity index (χ2n) is 4.30. The lowest BCUT2D eigenvalue weighted by molar-refractivity contribution is 0.0456. The minimum absolute atomic E-state index is 0.505. The van der Waals surface area contributed by atoms with Gasteiger partial charge in [0.2, 0.25) is 0 Å². The monoisotopic (exact) mass is 268 g/mol. The molecule has 2 heteroatoms. The van der Waals surface area contributed by atoms with Crippen LogP contribution in [-0.4, -0.2) is 6.10 Å². The van der Waals surface area contributed by atoms with Gasteiger partial charge >= 0.3 is 0 Å². The van der Waals surface area contributed by atoms with Crippen LogP contribution in [0.25, 0.3) is 0 Å². The van der Waals surface area contributed by atoms with Crippen molar-refractivity contribution in [2.75, 3.05) is 0 Å². The fourth-order valence-corrected chi connectivity index (χ4v) is 2.42. The lowest BCUT2D eigenvalue weighted by Crippen LogP contribution is -2.07. The van der Waals surface area contributed by atoms with Crippen LogP contribution in [0.4, 0.5) is 0 Å². The summed E-state index contributed by atoms with van der Waals surface area (Å²) in [5.41, 5.74) is 2.54. The van der Waals surface area contributed by atoms with Crippen LogP contribution in [0, 0.1) is 6.92 Å². The molecule has 0 radical (unpaired) electrons. The van der Waals surface area contributed by atoms with Crippen LogP contribution >= 0.6 is 15.9 Å². The summed E-state index contributed by atoms with van der Waals surface area (Å²) >= 11 is 3.54. The Balaban J connectivity index is 1.90. The molecular weight excluding hydrogens is 252 g/mol. The number of ether oxygens (including phenoxy) is 1. The van der Waals surface area contributed by atoms with Gasteiger partial charge in [-0.05, 0) is 37.0 Å². The highest BCUT2D eigenvalue weighted by molar-refractivity contribution is 9.10. The molecule has 0 N–H and O–H groups in total. The van der Waals surface area contributed by atoms with E-state index in [0.717, 1.165) is 6.61 Å². The Morgan fingerprint density at radius 3 is 2.73 bits per heavy atom. The molecule has 1 aromatic rings. The third-order valence-electron chi connectivity index (χ3n) is 3.02. The molecule has 15 heavy (non-hydrogen) atoms. The maximum Gasteiger partial charge on any atom is 0.0721 e. The fraction of sp³-hybridized carbons (Fsp3) is 0.538. The molecule has 1 nitrogen and oxygen atoms in total. The van der Waals surface area contributed by atoms with Crippen molar-refractivity contribution >= 4 is 15.9 Å². The minimum atomic E-state index is 0.505. The summed E-state index contributed by atoms with van der Waals surface area (Å²) < 4.78 is 7.04. The molecule has 0 amide bonds. The third kappa shape index (κ3) is 3.05. The van der Waals surface area contributed by atoms with E-state index in [1.54, 1.807) is 0 Å². The molecule has 1 saturated carbocycles. The Morgan fingerprint density at radius 1 is 1.33 bits per heavy atom. The number of rotatable bonds is 3. The molecule has 0 saturated heterocycles. The van der Waals surface area contributed by atoms with Gasteiger partial charge in [0.1, 0.15) is 0 Å². The first-order chi connectivity index (χ1) is 7.25. The van der Waals surface area contributed by atoms with Crippen molar-refractivity contribution in [3.05, 3.63) is 33.8 Å². The van der Waals surface area contributed by atoms with Crippen LogP contribution in [0.3, 0.4) is 0 Å². The summed E-state index contributed by atoms with van der Waals surface area (Å²) in [5, 5.41) is 0. The van der Waals surface area contributed by atoms with E-state index in [1.165, 1.54) is 41.3 Å². The van der Waals surface area contributed by atoms with Crippen LogP contribution < -0.4 is 0 Å². The van der Waals surface area contributed by atoms with Crippen LogP contribution in [0.15, 0.2) is 22.7 Å². The zero-order valence-electron chi connectivity index (χ0n) is 9.13. The van der Waals surface area contributed by atoms with E-state index in [4.69, 9.17) is 4.74 Å². The lowest BCUT2D eigenvalue weighted by Gasteiger charge is -2.11. The summed E-state index contributed by atoms with van der Waals surface area (Å²) in [6.07, 6.45) is 5.66. The first kappa shape index (κ1) is 11.2. The molecule has 2 rings (SSSR count). The smallest absolute Gasteiger partial charge is 0.0721 e. The molecule has 1 aromatic carbocycles. The van der Waals surface area contributed by atoms with Gasteiger partial charge in [0.25, 0.3) is 0 Å². The first-order valence-corrected chi connectivity index (χ1v) is 6.41. The molecule has 0 bridgehead atoms. The van der Waals surface area contributed by atoms with Gasteiger partial charge in [-0.15, -0.1) is 0 Å². The van der Waals surface area contributed by atoms with Gasteiger partial charge in [-0.3, -0.25) is 0 Å². The minimum Gasteiger partial charge on any atom is -0.374 e. The Morgan fingerprint density at radius 2 is 2.07 bits per heavy atom. The van der Waals surface area contributed by atoms with Crippen LogP contribution in [0.5, 0.6) is 0 Å². The van der Waals surface area contributed by atoms with Crippen molar-refractivity contribution < 1.29 is 4.74 Å². The van der Waals surface area contributed by atoms with E-state index in [-0.39, 0.29) is 0 Å². The van der Waals surface area contributed by atoms with Gasteiger partial charge < -0.3 is 4.74 Å². The van der Waals surface area contributed by atoms with Crippen molar-refractivity contribution in [1.29, 1.82) is 0 Å². The van der Waals surface area contributed by atoms with Crippen molar-refractivity contribution in [1.82, 2.24) is 0 Å². The summed E-state index contributed by atoms with van der Waals surface area (Å²) in [5.74, 6) is 0. The molecule has 1 aliphatic rings. The second kappa shape index (κ2) is 5.13. The van der Waals surface area contributed by atoms with E-state index >= 15 is 0 Å². The zero-order chi connectivity index (χ0) is 10.7. The van der Waals surface area contributed by atoms with Gasteiger partial charge in [-0.1, -0.05) is 40.9 Å². The molecule has 0 aromatic heterocycles. The molecule has 0 atom stereocenters. The Kier molecular flexibility index (Phi) is 3.81. The largest absolute Gasteiger partial charge is 0.374 e. The topological polar surface area (TPSA) is 9.23 Å². The Hall–Kier alpha value is -0.340. The Bertz CT molecular complexity index is 329. The highest BCUT2D eigenvalue weighted by Gasteiger charge is 2.15. The average Bonchev–Trinajstić information content (AvgIpc) is 2.73. The van der Waals surface area contributed by atoms with E-state index < -0.39 is 0 Å². The molecule has 0 heterocycles. The maximum absolute atomic E-state index is 5.86. The number of halogens is 1. The molecular formula is C13H17BrO. The van der Waals surface area contributed by atoms with E-state index in [2.05, 4.69) is 41.1 Å². The predicted molar refractivity (Wildman–Crippen MR) is 65.9 cm³/mol.